The van der Waals surface area contributed by atoms with Gasteiger partial charge in [0.1, 0.15) is 22.8 Å². The number of benzene rings is 1. The Kier molecular flexibility index (Phi) is 7.25. The monoisotopic (exact) mass is 575 g/mol. The van der Waals surface area contributed by atoms with Crippen LogP contribution in [0, 0.1) is 17.8 Å². The van der Waals surface area contributed by atoms with E-state index in [1.54, 1.807) is 14.1 Å². The Morgan fingerprint density at radius 2 is 1.93 bits per heavy atom. The minimum atomic E-state index is -2.67. The fourth-order valence-electron chi connectivity index (χ4n) is 6.99. The molecular weight excluding hydrogens is 542 g/mol. The van der Waals surface area contributed by atoms with Gasteiger partial charge in [0, 0.05) is 36.2 Å². The maximum absolute atomic E-state index is 13.8. The summed E-state index contributed by atoms with van der Waals surface area (Å²) in [6.07, 6.45) is 1.13. The number of fused-ring (bicyclic) bond motifs is 3. The van der Waals surface area contributed by atoms with E-state index in [2.05, 4.69) is 4.90 Å². The summed E-state index contributed by atoms with van der Waals surface area (Å²) < 4.78 is 5.46. The number of aliphatic hydroxyl groups is 3. The largest absolute Gasteiger partial charge is 0.510 e. The molecule has 1 fully saturated rings. The zero-order valence-electron chi connectivity index (χ0n) is 22.6. The molecule has 0 radical (unpaired) electrons. The molecule has 0 saturated carbocycles. The van der Waals surface area contributed by atoms with Crippen LogP contribution in [0.1, 0.15) is 34.3 Å². The first kappa shape index (κ1) is 28.6. The van der Waals surface area contributed by atoms with Gasteiger partial charge in [-0.05, 0) is 69.4 Å². The van der Waals surface area contributed by atoms with E-state index in [0.717, 1.165) is 19.6 Å². The highest BCUT2D eigenvalue weighted by Crippen LogP contribution is 2.53. The molecule has 11 nitrogen and oxygen atoms in total. The number of allylic oxidation sites excluding steroid dienone is 1. The predicted octanol–water partition coefficient (Wildman–Crippen LogP) is 1.24. The van der Waals surface area contributed by atoms with Gasteiger partial charge in [0.25, 0.3) is 5.91 Å². The zero-order valence-corrected chi connectivity index (χ0v) is 23.4. The summed E-state index contributed by atoms with van der Waals surface area (Å²) in [4.78, 5) is 42.8. The van der Waals surface area contributed by atoms with Crippen molar-refractivity contribution < 1.29 is 39.5 Å². The molecule has 1 aromatic carbocycles. The van der Waals surface area contributed by atoms with Crippen LogP contribution in [0.15, 0.2) is 28.7 Å². The van der Waals surface area contributed by atoms with Crippen molar-refractivity contribution in [3.05, 3.63) is 50.4 Å². The molecule has 1 amide bonds. The van der Waals surface area contributed by atoms with Gasteiger partial charge in [0.2, 0.25) is 5.78 Å². The Balaban J connectivity index is 1.56. The summed E-state index contributed by atoms with van der Waals surface area (Å²) in [5.74, 6) is -6.47. The van der Waals surface area contributed by atoms with Crippen LogP contribution >= 0.6 is 11.6 Å². The summed E-state index contributed by atoms with van der Waals surface area (Å²) in [6, 6.07) is 0.382. The quantitative estimate of drug-likeness (QED) is 0.310. The fourth-order valence-corrected chi connectivity index (χ4v) is 7.28. The van der Waals surface area contributed by atoms with E-state index in [1.165, 1.54) is 11.0 Å². The Hall–Kier alpha value is -2.96. The molecule has 0 spiro atoms. The van der Waals surface area contributed by atoms with E-state index in [0.29, 0.717) is 35.2 Å². The van der Waals surface area contributed by atoms with Gasteiger partial charge in [-0.15, -0.1) is 0 Å². The van der Waals surface area contributed by atoms with Gasteiger partial charge in [0.05, 0.1) is 18.2 Å². The normalized spacial score (nSPS) is 30.2. The van der Waals surface area contributed by atoms with Crippen LogP contribution < -0.4 is 5.73 Å². The Morgan fingerprint density at radius 1 is 1.23 bits per heavy atom. The number of nitrogens with two attached hydrogens (primary N) is 1. The van der Waals surface area contributed by atoms with E-state index < -0.39 is 58.0 Å². The van der Waals surface area contributed by atoms with E-state index in [-0.39, 0.29) is 29.7 Å². The molecule has 1 aliphatic heterocycles. The van der Waals surface area contributed by atoms with Crippen molar-refractivity contribution in [1.82, 2.24) is 9.80 Å². The second-order valence-corrected chi connectivity index (χ2v) is 12.0. The first-order chi connectivity index (χ1) is 18.8. The number of nitrogens with zero attached hydrogens (tertiary/aromatic N) is 2. The zero-order chi connectivity index (χ0) is 29.3. The third kappa shape index (κ3) is 4.22. The standard InChI is InChI=1S/C28H34ClN3O8/c1-31(2)22-16-7-13-6-15-19(17(33)8-14(21(15)29)10-32(3)9-12-4-5-40-11-12)23(34)18(13)25(36)28(16,39)26(37)20(24(22)35)27(30)38/h8,12-13,16,22,33,35-36,39H,4-7,9-11H2,1-3H3,(H2,30,38)/t12?,13-,16-,22-,28-/m0/s1. The average molecular weight is 576 g/mol. The van der Waals surface area contributed by atoms with Crippen LogP contribution in [0.2, 0.25) is 5.02 Å². The molecule has 0 aromatic heterocycles. The number of hydrogen-bond acceptors (Lipinski definition) is 10. The number of rotatable bonds is 6. The lowest BCUT2D eigenvalue weighted by atomic mass is 9.58. The van der Waals surface area contributed by atoms with E-state index in [4.69, 9.17) is 22.1 Å². The van der Waals surface area contributed by atoms with Gasteiger partial charge in [-0.3, -0.25) is 19.3 Å². The summed E-state index contributed by atoms with van der Waals surface area (Å²) in [5.41, 5.74) is 2.61. The van der Waals surface area contributed by atoms with Crippen LogP contribution in [-0.4, -0.2) is 100 Å². The molecule has 5 rings (SSSR count). The lowest BCUT2D eigenvalue weighted by Crippen LogP contribution is -2.63. The van der Waals surface area contributed by atoms with Gasteiger partial charge in [-0.2, -0.15) is 0 Å². The number of amides is 1. The summed E-state index contributed by atoms with van der Waals surface area (Å²) in [6.45, 7) is 2.63. The van der Waals surface area contributed by atoms with Crippen molar-refractivity contribution in [2.45, 2.75) is 37.5 Å². The number of phenols is 1. The first-order valence-electron chi connectivity index (χ1n) is 13.2. The lowest BCUT2D eigenvalue weighted by molar-refractivity contribution is -0.148. The number of carbonyl (C=O) groups excluding carboxylic acids is 3. The summed E-state index contributed by atoms with van der Waals surface area (Å²) in [7, 11) is 5.12. The number of carbonyl (C=O) groups is 3. The fraction of sp³-hybridized carbons (Fsp3) is 0.536. The smallest absolute Gasteiger partial charge is 0.255 e. The third-order valence-corrected chi connectivity index (χ3v) is 9.24. The predicted molar refractivity (Wildman–Crippen MR) is 144 cm³/mol. The number of ketones is 2. The molecule has 1 unspecified atom stereocenters. The minimum absolute atomic E-state index is 0.00859. The van der Waals surface area contributed by atoms with Crippen LogP contribution in [0.5, 0.6) is 5.75 Å². The number of aliphatic hydroxyl groups excluding tert-OH is 2. The number of aromatic hydroxyl groups is 1. The van der Waals surface area contributed by atoms with E-state index >= 15 is 0 Å². The second-order valence-electron chi connectivity index (χ2n) is 11.6. The van der Waals surface area contributed by atoms with Gasteiger partial charge >= 0.3 is 0 Å². The van der Waals surface area contributed by atoms with Crippen LogP contribution in [-0.2, 0) is 27.3 Å². The maximum atomic E-state index is 13.8. The summed E-state index contributed by atoms with van der Waals surface area (Å²) >= 11 is 6.83. The molecule has 216 valence electrons. The number of primary amides is 1. The van der Waals surface area contributed by atoms with Crippen molar-refractivity contribution in [3.8, 4) is 5.75 Å². The highest BCUT2D eigenvalue weighted by molar-refractivity contribution is 6.33. The average Bonchev–Trinajstić information content (AvgIpc) is 3.36. The van der Waals surface area contributed by atoms with Crippen molar-refractivity contribution in [1.29, 1.82) is 0 Å². The molecule has 5 atom stereocenters. The molecular formula is C28H34ClN3O8. The highest BCUT2D eigenvalue weighted by atomic mass is 35.5. The van der Waals surface area contributed by atoms with Crippen LogP contribution in [0.25, 0.3) is 0 Å². The first-order valence-corrected chi connectivity index (χ1v) is 13.6. The lowest BCUT2D eigenvalue weighted by Gasteiger charge is -2.50. The number of phenolic OH excluding ortho intramolecular Hbond substituents is 1. The Morgan fingerprint density at radius 3 is 2.52 bits per heavy atom. The molecule has 4 aliphatic rings. The maximum Gasteiger partial charge on any atom is 0.255 e. The molecule has 1 aromatic rings. The number of Topliss-reactive ketones (excluding diaryl/α,β-unsaturated/α-hetero) is 2. The van der Waals surface area contributed by atoms with Gasteiger partial charge in [-0.25, -0.2) is 0 Å². The molecule has 1 saturated heterocycles. The molecule has 6 N–H and O–H groups in total. The molecule has 40 heavy (non-hydrogen) atoms. The van der Waals surface area contributed by atoms with Crippen molar-refractivity contribution in [3.63, 3.8) is 0 Å². The summed E-state index contributed by atoms with van der Waals surface area (Å²) in [5, 5.41) is 45.2. The SMILES string of the molecule is CN(Cc1cc(O)c2c(c1Cl)C[C@H]1C[C@H]3[C@H](N(C)C)C(O)=C(C(N)=O)C(=O)[C@@]3(O)C(O)=C1C2=O)CC1CCOC1. The number of hydrogen-bond donors (Lipinski definition) is 5. The molecule has 12 heteroatoms. The molecule has 1 heterocycles. The number of ether oxygens (including phenoxy) is 1. The topological polar surface area (TPSA) is 174 Å². The second kappa shape index (κ2) is 10.1. The van der Waals surface area contributed by atoms with Gasteiger partial charge in [0.15, 0.2) is 11.4 Å². The van der Waals surface area contributed by atoms with Gasteiger partial charge < -0.3 is 35.8 Å². The Labute approximate surface area is 236 Å². The highest BCUT2D eigenvalue weighted by Gasteiger charge is 2.63. The minimum Gasteiger partial charge on any atom is -0.510 e. The Bertz CT molecular complexity index is 1370. The number of likely N-dealkylation sites (N-methyl/N-ethyl adjacent to an activating group) is 1. The van der Waals surface area contributed by atoms with Crippen LogP contribution in [0.4, 0.5) is 0 Å². The van der Waals surface area contributed by atoms with Crippen molar-refractivity contribution in [2.24, 2.45) is 23.5 Å². The van der Waals surface area contributed by atoms with Gasteiger partial charge in [-0.1, -0.05) is 11.6 Å². The van der Waals surface area contributed by atoms with Crippen molar-refractivity contribution >= 4 is 29.1 Å². The molecule has 0 bridgehead atoms. The molecule has 3 aliphatic carbocycles. The van der Waals surface area contributed by atoms with Crippen molar-refractivity contribution in [2.75, 3.05) is 40.9 Å². The number of halogens is 1. The van der Waals surface area contributed by atoms with E-state index in [1.807, 2.05) is 7.05 Å². The third-order valence-electron chi connectivity index (χ3n) is 8.76. The van der Waals surface area contributed by atoms with E-state index in [9.17, 15) is 34.8 Å². The van der Waals surface area contributed by atoms with Crippen LogP contribution in [0.3, 0.4) is 0 Å².